The van der Waals surface area contributed by atoms with Crippen LogP contribution in [0.1, 0.15) is 24.1 Å². The van der Waals surface area contributed by atoms with Crippen molar-refractivity contribution in [1.29, 1.82) is 0 Å². The predicted molar refractivity (Wildman–Crippen MR) is 86.8 cm³/mol. The number of halogens is 1. The molecule has 0 spiro atoms. The van der Waals surface area contributed by atoms with Gasteiger partial charge >= 0.3 is 0 Å². The van der Waals surface area contributed by atoms with Crippen molar-refractivity contribution in [2.75, 3.05) is 13.2 Å². The quantitative estimate of drug-likeness (QED) is 0.904. The highest BCUT2D eigenvalue weighted by Gasteiger charge is 2.12. The van der Waals surface area contributed by atoms with Gasteiger partial charge in [0.05, 0.1) is 0 Å². The van der Waals surface area contributed by atoms with Crippen LogP contribution in [0.3, 0.4) is 0 Å². The SMILES string of the molecule is CC(NCc1ccc2c(c1)OCCO2)c1ccccc1Br. The average Bonchev–Trinajstić information content (AvgIpc) is 2.53. The molecule has 1 aliphatic rings. The van der Waals surface area contributed by atoms with Gasteiger partial charge in [0, 0.05) is 17.1 Å². The summed E-state index contributed by atoms with van der Waals surface area (Å²) in [4.78, 5) is 0. The Labute approximate surface area is 133 Å². The molecule has 4 heteroatoms. The van der Waals surface area contributed by atoms with E-state index < -0.39 is 0 Å². The smallest absolute Gasteiger partial charge is 0.161 e. The van der Waals surface area contributed by atoms with Crippen LogP contribution in [0.25, 0.3) is 0 Å². The van der Waals surface area contributed by atoms with E-state index in [4.69, 9.17) is 9.47 Å². The molecule has 0 saturated carbocycles. The van der Waals surface area contributed by atoms with Crippen LogP contribution in [0.15, 0.2) is 46.9 Å². The average molecular weight is 348 g/mol. The maximum atomic E-state index is 5.61. The Bertz CT molecular complexity index is 630. The molecule has 0 amide bonds. The van der Waals surface area contributed by atoms with Crippen LogP contribution in [0.4, 0.5) is 0 Å². The molecule has 1 heterocycles. The fourth-order valence-electron chi connectivity index (χ4n) is 2.40. The fourth-order valence-corrected chi connectivity index (χ4v) is 3.03. The second-order valence-corrected chi connectivity index (χ2v) is 5.96. The van der Waals surface area contributed by atoms with Crippen molar-refractivity contribution in [3.8, 4) is 11.5 Å². The van der Waals surface area contributed by atoms with Crippen LogP contribution in [-0.2, 0) is 6.54 Å². The molecule has 0 saturated heterocycles. The van der Waals surface area contributed by atoms with Gasteiger partial charge < -0.3 is 14.8 Å². The molecule has 3 nitrogen and oxygen atoms in total. The lowest BCUT2D eigenvalue weighted by atomic mass is 10.1. The summed E-state index contributed by atoms with van der Waals surface area (Å²) < 4.78 is 12.3. The second kappa shape index (κ2) is 6.50. The molecule has 0 bridgehead atoms. The third-order valence-electron chi connectivity index (χ3n) is 3.59. The number of hydrogen-bond acceptors (Lipinski definition) is 3. The van der Waals surface area contributed by atoms with Gasteiger partial charge in [0.1, 0.15) is 13.2 Å². The van der Waals surface area contributed by atoms with E-state index in [-0.39, 0.29) is 6.04 Å². The van der Waals surface area contributed by atoms with Gasteiger partial charge in [0.2, 0.25) is 0 Å². The zero-order valence-corrected chi connectivity index (χ0v) is 13.5. The van der Waals surface area contributed by atoms with Crippen LogP contribution in [0.5, 0.6) is 11.5 Å². The van der Waals surface area contributed by atoms with E-state index in [1.807, 2.05) is 18.2 Å². The van der Waals surface area contributed by atoms with E-state index >= 15 is 0 Å². The molecule has 1 atom stereocenters. The van der Waals surface area contributed by atoms with Gasteiger partial charge in [-0.2, -0.15) is 0 Å². The number of rotatable bonds is 4. The van der Waals surface area contributed by atoms with Crippen LogP contribution < -0.4 is 14.8 Å². The minimum atomic E-state index is 0.272. The van der Waals surface area contributed by atoms with Gasteiger partial charge in [-0.25, -0.2) is 0 Å². The first-order valence-electron chi connectivity index (χ1n) is 7.10. The van der Waals surface area contributed by atoms with Gasteiger partial charge in [-0.05, 0) is 36.2 Å². The summed E-state index contributed by atoms with van der Waals surface area (Å²) in [5, 5.41) is 3.54. The normalized spacial score (nSPS) is 14.8. The molecule has 0 aliphatic carbocycles. The molecule has 2 aromatic carbocycles. The Hall–Kier alpha value is -1.52. The van der Waals surface area contributed by atoms with Crippen molar-refractivity contribution in [3.63, 3.8) is 0 Å². The number of nitrogens with one attached hydrogen (secondary N) is 1. The minimum Gasteiger partial charge on any atom is -0.486 e. The predicted octanol–water partition coefficient (Wildman–Crippen LogP) is 4.07. The molecule has 1 N–H and O–H groups in total. The first kappa shape index (κ1) is 14.4. The Morgan fingerprint density at radius 2 is 1.86 bits per heavy atom. The zero-order chi connectivity index (χ0) is 14.7. The lowest BCUT2D eigenvalue weighted by Crippen LogP contribution is -2.19. The minimum absolute atomic E-state index is 0.272. The summed E-state index contributed by atoms with van der Waals surface area (Å²) in [6.07, 6.45) is 0. The van der Waals surface area contributed by atoms with Gasteiger partial charge in [-0.15, -0.1) is 0 Å². The molecule has 0 aromatic heterocycles. The Balaban J connectivity index is 1.66. The molecule has 0 fully saturated rings. The Morgan fingerprint density at radius 3 is 2.67 bits per heavy atom. The number of fused-ring (bicyclic) bond motifs is 1. The molecule has 1 unspecified atom stereocenters. The first-order chi connectivity index (χ1) is 10.2. The molecular formula is C17H18BrNO2. The number of hydrogen-bond donors (Lipinski definition) is 1. The first-order valence-corrected chi connectivity index (χ1v) is 7.89. The van der Waals surface area contributed by atoms with Crippen LogP contribution >= 0.6 is 15.9 Å². The summed E-state index contributed by atoms with van der Waals surface area (Å²) >= 11 is 3.60. The molecule has 0 radical (unpaired) electrons. The van der Waals surface area contributed by atoms with Crippen molar-refractivity contribution in [2.24, 2.45) is 0 Å². The van der Waals surface area contributed by atoms with Gasteiger partial charge in [0.25, 0.3) is 0 Å². The van der Waals surface area contributed by atoms with Crippen molar-refractivity contribution >= 4 is 15.9 Å². The summed E-state index contributed by atoms with van der Waals surface area (Å²) in [7, 11) is 0. The number of ether oxygens (including phenoxy) is 2. The molecule has 2 aromatic rings. The van der Waals surface area contributed by atoms with E-state index in [1.165, 1.54) is 11.1 Å². The largest absolute Gasteiger partial charge is 0.486 e. The van der Waals surface area contributed by atoms with E-state index in [2.05, 4.69) is 52.4 Å². The van der Waals surface area contributed by atoms with Crippen LogP contribution in [0, 0.1) is 0 Å². The lowest BCUT2D eigenvalue weighted by Gasteiger charge is -2.20. The topological polar surface area (TPSA) is 30.5 Å². The van der Waals surface area contributed by atoms with Gasteiger partial charge in [-0.3, -0.25) is 0 Å². The van der Waals surface area contributed by atoms with E-state index in [0.717, 1.165) is 22.5 Å². The van der Waals surface area contributed by atoms with Gasteiger partial charge in [-0.1, -0.05) is 40.2 Å². The molecule has 110 valence electrons. The van der Waals surface area contributed by atoms with E-state index in [9.17, 15) is 0 Å². The summed E-state index contributed by atoms with van der Waals surface area (Å²) in [6.45, 7) is 4.21. The fraction of sp³-hybridized carbons (Fsp3) is 0.294. The summed E-state index contributed by atoms with van der Waals surface area (Å²) in [5.41, 5.74) is 2.45. The van der Waals surface area contributed by atoms with Crippen LogP contribution in [-0.4, -0.2) is 13.2 Å². The van der Waals surface area contributed by atoms with Crippen LogP contribution in [0.2, 0.25) is 0 Å². The Morgan fingerprint density at radius 1 is 1.10 bits per heavy atom. The number of benzene rings is 2. The molecule has 21 heavy (non-hydrogen) atoms. The maximum Gasteiger partial charge on any atom is 0.161 e. The van der Waals surface area contributed by atoms with E-state index in [1.54, 1.807) is 0 Å². The lowest BCUT2D eigenvalue weighted by molar-refractivity contribution is 0.171. The van der Waals surface area contributed by atoms with Crippen molar-refractivity contribution < 1.29 is 9.47 Å². The third kappa shape index (κ3) is 3.39. The Kier molecular flexibility index (Phi) is 4.46. The highest BCUT2D eigenvalue weighted by atomic mass is 79.9. The van der Waals surface area contributed by atoms with Crippen molar-refractivity contribution in [3.05, 3.63) is 58.1 Å². The van der Waals surface area contributed by atoms with Crippen molar-refractivity contribution in [2.45, 2.75) is 19.5 Å². The maximum absolute atomic E-state index is 5.61. The molecular weight excluding hydrogens is 330 g/mol. The highest BCUT2D eigenvalue weighted by molar-refractivity contribution is 9.10. The van der Waals surface area contributed by atoms with E-state index in [0.29, 0.717) is 13.2 Å². The monoisotopic (exact) mass is 347 g/mol. The van der Waals surface area contributed by atoms with Crippen molar-refractivity contribution in [1.82, 2.24) is 5.32 Å². The third-order valence-corrected chi connectivity index (χ3v) is 4.31. The second-order valence-electron chi connectivity index (χ2n) is 5.10. The molecule has 3 rings (SSSR count). The zero-order valence-electron chi connectivity index (χ0n) is 11.9. The molecule has 1 aliphatic heterocycles. The standard InChI is InChI=1S/C17H18BrNO2/c1-12(14-4-2-3-5-15(14)18)19-11-13-6-7-16-17(10-13)21-9-8-20-16/h2-7,10,12,19H,8-9,11H2,1H3. The summed E-state index contributed by atoms with van der Waals surface area (Å²) in [6, 6.07) is 14.7. The highest BCUT2D eigenvalue weighted by Crippen LogP contribution is 2.31. The summed E-state index contributed by atoms with van der Waals surface area (Å²) in [5.74, 6) is 1.68. The van der Waals surface area contributed by atoms with Gasteiger partial charge in [0.15, 0.2) is 11.5 Å².